The molecule has 1 fully saturated rings. The van der Waals surface area contributed by atoms with Gasteiger partial charge in [-0.1, -0.05) is 6.07 Å². The van der Waals surface area contributed by atoms with Gasteiger partial charge in [-0.05, 0) is 40.9 Å². The van der Waals surface area contributed by atoms with Crippen LogP contribution in [0, 0.1) is 11.2 Å². The minimum atomic E-state index is -0.921. The molecule has 0 unspecified atom stereocenters. The second kappa shape index (κ2) is 4.68. The van der Waals surface area contributed by atoms with Crippen LogP contribution < -0.4 is 5.32 Å². The van der Waals surface area contributed by atoms with Crippen LogP contribution in [0.2, 0.25) is 0 Å². The van der Waals surface area contributed by atoms with E-state index in [9.17, 15) is 14.0 Å². The largest absolute Gasteiger partial charge is 0.481 e. The highest BCUT2D eigenvalue weighted by Gasteiger charge is 2.50. The van der Waals surface area contributed by atoms with Crippen LogP contribution in [0.4, 0.5) is 4.39 Å². The average Bonchev–Trinajstić information content (AvgIpc) is 3.07. The fraction of sp³-hybridized carbons (Fsp3) is 0.333. The molecule has 0 radical (unpaired) electrons. The van der Waals surface area contributed by atoms with Crippen LogP contribution in [0.3, 0.4) is 0 Å². The summed E-state index contributed by atoms with van der Waals surface area (Å²) in [6.45, 7) is 0.0297. The Balaban J connectivity index is 2.07. The number of carbonyl (C=O) groups excluding carboxylic acids is 1. The summed E-state index contributed by atoms with van der Waals surface area (Å²) in [5.41, 5.74) is -0.952. The summed E-state index contributed by atoms with van der Waals surface area (Å²) in [6, 6.07) is 4.22. The van der Waals surface area contributed by atoms with Gasteiger partial charge in [-0.15, -0.1) is 0 Å². The fourth-order valence-corrected chi connectivity index (χ4v) is 2.19. The Labute approximate surface area is 111 Å². The van der Waals surface area contributed by atoms with Gasteiger partial charge in [-0.2, -0.15) is 0 Å². The normalized spacial score (nSPS) is 16.1. The van der Waals surface area contributed by atoms with Crippen LogP contribution in [0.5, 0.6) is 0 Å². The molecule has 0 atom stereocenters. The summed E-state index contributed by atoms with van der Waals surface area (Å²) in [5, 5.41) is 11.4. The molecule has 96 valence electrons. The van der Waals surface area contributed by atoms with Gasteiger partial charge in [0.2, 0.25) is 0 Å². The van der Waals surface area contributed by atoms with Crippen LogP contribution in [-0.2, 0) is 4.79 Å². The SMILES string of the molecule is O=C(NCC1(C(=O)O)CC1)c1c(F)cccc1Br. The van der Waals surface area contributed by atoms with Crippen molar-refractivity contribution < 1.29 is 19.1 Å². The highest BCUT2D eigenvalue weighted by Crippen LogP contribution is 2.45. The number of nitrogens with one attached hydrogen (secondary N) is 1. The molecule has 1 aromatic rings. The first kappa shape index (κ1) is 13.0. The number of amides is 1. The molecule has 1 aliphatic carbocycles. The van der Waals surface area contributed by atoms with Crippen molar-refractivity contribution in [1.82, 2.24) is 5.32 Å². The molecular weight excluding hydrogens is 305 g/mol. The van der Waals surface area contributed by atoms with E-state index in [0.717, 1.165) is 0 Å². The number of hydrogen-bond donors (Lipinski definition) is 2. The van der Waals surface area contributed by atoms with E-state index in [1.807, 2.05) is 0 Å². The summed E-state index contributed by atoms with van der Waals surface area (Å²) < 4.78 is 13.8. The van der Waals surface area contributed by atoms with E-state index >= 15 is 0 Å². The van der Waals surface area contributed by atoms with Crippen LogP contribution in [0.1, 0.15) is 23.2 Å². The van der Waals surface area contributed by atoms with Crippen molar-refractivity contribution in [2.75, 3.05) is 6.54 Å². The number of carbonyl (C=O) groups is 2. The topological polar surface area (TPSA) is 66.4 Å². The van der Waals surface area contributed by atoms with E-state index in [1.54, 1.807) is 6.07 Å². The lowest BCUT2D eigenvalue weighted by atomic mass is 10.1. The van der Waals surface area contributed by atoms with Gasteiger partial charge in [0.25, 0.3) is 5.91 Å². The third kappa shape index (κ3) is 2.38. The zero-order valence-electron chi connectivity index (χ0n) is 9.37. The summed E-state index contributed by atoms with van der Waals surface area (Å²) in [6.07, 6.45) is 1.09. The van der Waals surface area contributed by atoms with E-state index in [1.165, 1.54) is 12.1 Å². The van der Waals surface area contributed by atoms with Gasteiger partial charge >= 0.3 is 5.97 Å². The maximum atomic E-state index is 13.5. The van der Waals surface area contributed by atoms with Gasteiger partial charge in [-0.3, -0.25) is 9.59 Å². The van der Waals surface area contributed by atoms with E-state index in [0.29, 0.717) is 17.3 Å². The summed E-state index contributed by atoms with van der Waals surface area (Å²) >= 11 is 3.10. The van der Waals surface area contributed by atoms with Crippen molar-refractivity contribution in [2.45, 2.75) is 12.8 Å². The number of aliphatic carboxylic acids is 1. The molecule has 1 aromatic carbocycles. The van der Waals surface area contributed by atoms with Gasteiger partial charge in [0.05, 0.1) is 11.0 Å². The second-order valence-electron chi connectivity index (χ2n) is 4.36. The van der Waals surface area contributed by atoms with Gasteiger partial charge in [0, 0.05) is 11.0 Å². The average molecular weight is 316 g/mol. The van der Waals surface area contributed by atoms with E-state index in [4.69, 9.17) is 5.11 Å². The lowest BCUT2D eigenvalue weighted by Gasteiger charge is -2.12. The molecule has 4 nitrogen and oxygen atoms in total. The van der Waals surface area contributed by atoms with Crippen molar-refractivity contribution in [3.63, 3.8) is 0 Å². The van der Waals surface area contributed by atoms with E-state index in [2.05, 4.69) is 21.2 Å². The molecule has 18 heavy (non-hydrogen) atoms. The fourth-order valence-electron chi connectivity index (χ4n) is 1.67. The molecule has 1 amide bonds. The van der Waals surface area contributed by atoms with Gasteiger partial charge < -0.3 is 10.4 Å². The number of benzene rings is 1. The number of carboxylic acid groups (broad SMARTS) is 1. The van der Waals surface area contributed by atoms with Crippen LogP contribution in [0.25, 0.3) is 0 Å². The first-order chi connectivity index (χ1) is 8.46. The van der Waals surface area contributed by atoms with Crippen molar-refractivity contribution in [1.29, 1.82) is 0 Å². The lowest BCUT2D eigenvalue weighted by molar-refractivity contribution is -0.143. The number of halogens is 2. The predicted octanol–water partition coefficient (Wildman–Crippen LogP) is 2.18. The number of rotatable bonds is 4. The maximum absolute atomic E-state index is 13.5. The van der Waals surface area contributed by atoms with E-state index < -0.39 is 23.1 Å². The third-order valence-corrected chi connectivity index (χ3v) is 3.75. The molecule has 2 rings (SSSR count). The zero-order chi connectivity index (χ0) is 13.3. The van der Waals surface area contributed by atoms with Crippen molar-refractivity contribution in [3.05, 3.63) is 34.1 Å². The lowest BCUT2D eigenvalue weighted by Crippen LogP contribution is -2.34. The van der Waals surface area contributed by atoms with Crippen molar-refractivity contribution in [3.8, 4) is 0 Å². The zero-order valence-corrected chi connectivity index (χ0v) is 11.0. The minimum absolute atomic E-state index is 0.0297. The molecule has 2 N–H and O–H groups in total. The second-order valence-corrected chi connectivity index (χ2v) is 5.22. The Bertz CT molecular complexity index is 494. The number of carboxylic acids is 1. The Kier molecular flexibility index (Phi) is 3.38. The van der Waals surface area contributed by atoms with Gasteiger partial charge in [0.15, 0.2) is 0 Å². The van der Waals surface area contributed by atoms with Crippen LogP contribution in [0.15, 0.2) is 22.7 Å². The monoisotopic (exact) mass is 315 g/mol. The Morgan fingerprint density at radius 2 is 2.11 bits per heavy atom. The molecule has 0 bridgehead atoms. The molecule has 1 aliphatic rings. The summed E-state index contributed by atoms with van der Waals surface area (Å²) in [4.78, 5) is 22.7. The van der Waals surface area contributed by atoms with Gasteiger partial charge in [-0.25, -0.2) is 4.39 Å². The molecule has 0 aliphatic heterocycles. The quantitative estimate of drug-likeness (QED) is 0.895. The van der Waals surface area contributed by atoms with Crippen LogP contribution >= 0.6 is 15.9 Å². The Hall–Kier alpha value is -1.43. The molecule has 0 heterocycles. The molecule has 0 saturated heterocycles. The standard InChI is InChI=1S/C12H11BrFNO3/c13-7-2-1-3-8(14)9(7)10(16)15-6-12(4-5-12)11(17)18/h1-3H,4-6H2,(H,15,16)(H,17,18). The Morgan fingerprint density at radius 1 is 1.44 bits per heavy atom. The number of hydrogen-bond acceptors (Lipinski definition) is 2. The van der Waals surface area contributed by atoms with Crippen molar-refractivity contribution >= 4 is 27.8 Å². The highest BCUT2D eigenvalue weighted by atomic mass is 79.9. The molecule has 6 heteroatoms. The Morgan fingerprint density at radius 3 is 2.61 bits per heavy atom. The molecule has 0 aromatic heterocycles. The smallest absolute Gasteiger partial charge is 0.311 e. The highest BCUT2D eigenvalue weighted by molar-refractivity contribution is 9.10. The first-order valence-electron chi connectivity index (χ1n) is 5.42. The molecule has 1 saturated carbocycles. The molecule has 0 spiro atoms. The maximum Gasteiger partial charge on any atom is 0.311 e. The predicted molar refractivity (Wildman–Crippen MR) is 65.7 cm³/mol. The van der Waals surface area contributed by atoms with Crippen molar-refractivity contribution in [2.24, 2.45) is 5.41 Å². The third-order valence-electron chi connectivity index (χ3n) is 3.08. The summed E-state index contributed by atoms with van der Waals surface area (Å²) in [5.74, 6) is -2.16. The summed E-state index contributed by atoms with van der Waals surface area (Å²) in [7, 11) is 0. The first-order valence-corrected chi connectivity index (χ1v) is 6.21. The van der Waals surface area contributed by atoms with Gasteiger partial charge in [0.1, 0.15) is 5.82 Å². The minimum Gasteiger partial charge on any atom is -0.481 e. The molecular formula is C12H11BrFNO3. The van der Waals surface area contributed by atoms with E-state index in [-0.39, 0.29) is 12.1 Å². The van der Waals surface area contributed by atoms with Crippen LogP contribution in [-0.4, -0.2) is 23.5 Å².